The van der Waals surface area contributed by atoms with Crippen LogP contribution in [0.4, 0.5) is 5.69 Å². The molecule has 106 valence electrons. The highest BCUT2D eigenvalue weighted by atomic mass is 14.9. The Morgan fingerprint density at radius 3 is 2.60 bits per heavy atom. The first kappa shape index (κ1) is 14.5. The second-order valence-electron chi connectivity index (χ2n) is 5.39. The van der Waals surface area contributed by atoms with Crippen LogP contribution in [0.5, 0.6) is 0 Å². The Morgan fingerprint density at radius 2 is 1.95 bits per heavy atom. The molecule has 20 heavy (non-hydrogen) atoms. The van der Waals surface area contributed by atoms with Gasteiger partial charge in [-0.05, 0) is 62.1 Å². The molecule has 0 aliphatic heterocycles. The van der Waals surface area contributed by atoms with E-state index in [4.69, 9.17) is 5.73 Å². The normalized spacial score (nSPS) is 12.3. The number of hydrogen-bond donors (Lipinski definition) is 2. The van der Waals surface area contributed by atoms with Crippen LogP contribution < -0.4 is 11.1 Å². The van der Waals surface area contributed by atoms with Crippen molar-refractivity contribution in [3.05, 3.63) is 58.9 Å². The van der Waals surface area contributed by atoms with Crippen molar-refractivity contribution in [1.82, 2.24) is 10.3 Å². The number of nitrogens with two attached hydrogens (primary N) is 1. The molecule has 1 unspecified atom stereocenters. The summed E-state index contributed by atoms with van der Waals surface area (Å²) in [5.41, 5.74) is 12.0. The van der Waals surface area contributed by atoms with E-state index in [2.05, 4.69) is 42.3 Å². The Hall–Kier alpha value is -1.87. The van der Waals surface area contributed by atoms with Crippen LogP contribution in [-0.4, -0.2) is 18.1 Å². The fraction of sp³-hybridized carbons (Fsp3) is 0.353. The van der Waals surface area contributed by atoms with Crippen LogP contribution in [0.2, 0.25) is 0 Å². The second-order valence-corrected chi connectivity index (χ2v) is 5.39. The van der Waals surface area contributed by atoms with Crippen molar-refractivity contribution in [2.24, 2.45) is 0 Å². The summed E-state index contributed by atoms with van der Waals surface area (Å²) in [6.07, 6.45) is 5.48. The standard InChI is InChI=1S/C17H23N3/c1-12-4-5-14(8-13(12)2)9-16(19-3)10-15-11-20-7-6-17(15)18/h4-8,11,16,19H,9-10H2,1-3H3,(H2,18,20). The molecule has 3 heteroatoms. The van der Waals surface area contributed by atoms with Gasteiger partial charge >= 0.3 is 0 Å². The third-order valence-electron chi connectivity index (χ3n) is 3.87. The maximum Gasteiger partial charge on any atom is 0.0378 e. The lowest BCUT2D eigenvalue weighted by molar-refractivity contribution is 0.556. The van der Waals surface area contributed by atoms with Crippen molar-refractivity contribution in [2.45, 2.75) is 32.7 Å². The van der Waals surface area contributed by atoms with Gasteiger partial charge in [-0.1, -0.05) is 18.2 Å². The van der Waals surface area contributed by atoms with E-state index < -0.39 is 0 Å². The van der Waals surface area contributed by atoms with E-state index in [1.807, 2.05) is 19.3 Å². The number of nitrogen functional groups attached to an aromatic ring is 1. The number of rotatable bonds is 5. The van der Waals surface area contributed by atoms with Gasteiger partial charge in [-0.3, -0.25) is 4.98 Å². The molecule has 0 aliphatic rings. The molecule has 0 aliphatic carbocycles. The maximum atomic E-state index is 5.99. The SMILES string of the molecule is CNC(Cc1ccc(C)c(C)c1)Cc1cnccc1N. The fourth-order valence-corrected chi connectivity index (χ4v) is 2.37. The van der Waals surface area contributed by atoms with Gasteiger partial charge in [-0.25, -0.2) is 0 Å². The number of nitrogens with zero attached hydrogens (tertiary/aromatic N) is 1. The van der Waals surface area contributed by atoms with E-state index in [0.29, 0.717) is 6.04 Å². The van der Waals surface area contributed by atoms with Crippen LogP contribution in [0, 0.1) is 13.8 Å². The predicted molar refractivity (Wildman–Crippen MR) is 84.8 cm³/mol. The highest BCUT2D eigenvalue weighted by Gasteiger charge is 2.11. The molecule has 0 spiro atoms. The zero-order chi connectivity index (χ0) is 14.5. The third-order valence-corrected chi connectivity index (χ3v) is 3.87. The molecule has 0 fully saturated rings. The highest BCUT2D eigenvalue weighted by Crippen LogP contribution is 2.16. The Balaban J connectivity index is 2.09. The van der Waals surface area contributed by atoms with Crippen molar-refractivity contribution < 1.29 is 0 Å². The molecule has 3 nitrogen and oxygen atoms in total. The topological polar surface area (TPSA) is 50.9 Å². The van der Waals surface area contributed by atoms with Crippen molar-refractivity contribution in [3.8, 4) is 0 Å². The number of benzene rings is 1. The van der Waals surface area contributed by atoms with E-state index in [9.17, 15) is 0 Å². The Morgan fingerprint density at radius 1 is 1.15 bits per heavy atom. The quantitative estimate of drug-likeness (QED) is 0.877. The minimum absolute atomic E-state index is 0.364. The molecule has 0 amide bonds. The second kappa shape index (κ2) is 6.53. The van der Waals surface area contributed by atoms with E-state index in [1.54, 1.807) is 6.20 Å². The first-order valence-corrected chi connectivity index (χ1v) is 7.02. The van der Waals surface area contributed by atoms with Gasteiger partial charge < -0.3 is 11.1 Å². The first-order chi connectivity index (χ1) is 9.60. The summed E-state index contributed by atoms with van der Waals surface area (Å²) in [7, 11) is 2.00. The van der Waals surface area contributed by atoms with Crippen molar-refractivity contribution in [1.29, 1.82) is 0 Å². The lowest BCUT2D eigenvalue weighted by Gasteiger charge is -2.18. The first-order valence-electron chi connectivity index (χ1n) is 7.02. The molecule has 0 radical (unpaired) electrons. The Labute approximate surface area is 121 Å². The highest BCUT2D eigenvalue weighted by molar-refractivity contribution is 5.44. The summed E-state index contributed by atoms with van der Waals surface area (Å²) in [5.74, 6) is 0. The summed E-state index contributed by atoms with van der Waals surface area (Å²) in [6, 6.07) is 8.89. The maximum absolute atomic E-state index is 5.99. The molecule has 1 aromatic carbocycles. The van der Waals surface area contributed by atoms with Crippen LogP contribution in [-0.2, 0) is 12.8 Å². The van der Waals surface area contributed by atoms with Gasteiger partial charge in [0.1, 0.15) is 0 Å². The smallest absolute Gasteiger partial charge is 0.0378 e. The van der Waals surface area contributed by atoms with Gasteiger partial charge in [-0.15, -0.1) is 0 Å². The number of nitrogens with one attached hydrogen (secondary N) is 1. The van der Waals surface area contributed by atoms with Crippen LogP contribution >= 0.6 is 0 Å². The molecule has 3 N–H and O–H groups in total. The number of likely N-dealkylation sites (N-methyl/N-ethyl adjacent to an activating group) is 1. The number of anilines is 1. The molecule has 0 saturated carbocycles. The molecular formula is C17H23N3. The van der Waals surface area contributed by atoms with E-state index in [1.165, 1.54) is 16.7 Å². The molecule has 1 atom stereocenters. The number of pyridine rings is 1. The van der Waals surface area contributed by atoms with Crippen LogP contribution in [0.3, 0.4) is 0 Å². The van der Waals surface area contributed by atoms with Gasteiger partial charge in [-0.2, -0.15) is 0 Å². The molecule has 1 heterocycles. The van der Waals surface area contributed by atoms with Crippen LogP contribution in [0.15, 0.2) is 36.7 Å². The third kappa shape index (κ3) is 3.58. The van der Waals surface area contributed by atoms with Crippen molar-refractivity contribution in [3.63, 3.8) is 0 Å². The minimum Gasteiger partial charge on any atom is -0.398 e. The van der Waals surface area contributed by atoms with Gasteiger partial charge in [0.25, 0.3) is 0 Å². The largest absolute Gasteiger partial charge is 0.398 e. The predicted octanol–water partition coefficient (Wildman–Crippen LogP) is 2.65. The van der Waals surface area contributed by atoms with Crippen LogP contribution in [0.1, 0.15) is 22.3 Å². The average molecular weight is 269 g/mol. The zero-order valence-electron chi connectivity index (χ0n) is 12.5. The number of aromatic nitrogens is 1. The Kier molecular flexibility index (Phi) is 4.74. The zero-order valence-corrected chi connectivity index (χ0v) is 12.5. The minimum atomic E-state index is 0.364. The lowest BCUT2D eigenvalue weighted by atomic mass is 9.97. The summed E-state index contributed by atoms with van der Waals surface area (Å²) in [6.45, 7) is 4.30. The van der Waals surface area contributed by atoms with Gasteiger partial charge in [0.15, 0.2) is 0 Å². The monoisotopic (exact) mass is 269 g/mol. The molecule has 0 saturated heterocycles. The molecule has 1 aromatic heterocycles. The number of aryl methyl sites for hydroxylation is 2. The Bertz CT molecular complexity index is 578. The van der Waals surface area contributed by atoms with Gasteiger partial charge in [0.05, 0.1) is 0 Å². The molecule has 2 aromatic rings. The summed E-state index contributed by atoms with van der Waals surface area (Å²) < 4.78 is 0. The van der Waals surface area contributed by atoms with Gasteiger partial charge in [0, 0.05) is 24.1 Å². The molecule has 0 bridgehead atoms. The number of hydrogen-bond acceptors (Lipinski definition) is 3. The summed E-state index contributed by atoms with van der Waals surface area (Å²) >= 11 is 0. The van der Waals surface area contributed by atoms with Crippen molar-refractivity contribution in [2.75, 3.05) is 12.8 Å². The van der Waals surface area contributed by atoms with E-state index in [0.717, 1.165) is 24.1 Å². The summed E-state index contributed by atoms with van der Waals surface area (Å²) in [4.78, 5) is 4.16. The molecule has 2 rings (SSSR count). The van der Waals surface area contributed by atoms with E-state index in [-0.39, 0.29) is 0 Å². The summed E-state index contributed by atoms with van der Waals surface area (Å²) in [5, 5.41) is 3.38. The average Bonchev–Trinajstić information content (AvgIpc) is 2.44. The molecular weight excluding hydrogens is 246 g/mol. The fourth-order valence-electron chi connectivity index (χ4n) is 2.37. The van der Waals surface area contributed by atoms with Crippen molar-refractivity contribution >= 4 is 5.69 Å². The van der Waals surface area contributed by atoms with Crippen LogP contribution in [0.25, 0.3) is 0 Å². The van der Waals surface area contributed by atoms with E-state index >= 15 is 0 Å². The van der Waals surface area contributed by atoms with Gasteiger partial charge in [0.2, 0.25) is 0 Å². The lowest BCUT2D eigenvalue weighted by Crippen LogP contribution is -2.30.